The van der Waals surface area contributed by atoms with Crippen LogP contribution in [0.4, 0.5) is 10.5 Å². The van der Waals surface area contributed by atoms with Crippen LogP contribution in [0.1, 0.15) is 18.5 Å². The molecule has 110 valence electrons. The molecule has 3 rings (SSSR count). The van der Waals surface area contributed by atoms with Crippen molar-refractivity contribution in [3.05, 3.63) is 53.3 Å². The maximum Gasteiger partial charge on any atom is 0.322 e. The van der Waals surface area contributed by atoms with Crippen molar-refractivity contribution in [3.8, 4) is 0 Å². The van der Waals surface area contributed by atoms with Gasteiger partial charge in [-0.05, 0) is 49.2 Å². The van der Waals surface area contributed by atoms with Gasteiger partial charge < -0.3 is 14.8 Å². The molecule has 4 nitrogen and oxygen atoms in total. The van der Waals surface area contributed by atoms with Gasteiger partial charge in [-0.3, -0.25) is 0 Å². The number of hydrogen-bond donors (Lipinski definition) is 1. The van der Waals surface area contributed by atoms with E-state index in [9.17, 15) is 4.79 Å². The summed E-state index contributed by atoms with van der Waals surface area (Å²) in [5.41, 5.74) is 1.90. The van der Waals surface area contributed by atoms with Gasteiger partial charge in [0, 0.05) is 35.7 Å². The van der Waals surface area contributed by atoms with E-state index in [0.29, 0.717) is 17.6 Å². The number of aromatic nitrogens is 1. The number of aryl methyl sites for hydroxylation is 1. The number of rotatable bonds is 4. The molecule has 0 spiro atoms. The van der Waals surface area contributed by atoms with E-state index in [1.165, 1.54) is 0 Å². The van der Waals surface area contributed by atoms with Crippen LogP contribution in [0.2, 0.25) is 5.02 Å². The van der Waals surface area contributed by atoms with Gasteiger partial charge >= 0.3 is 6.03 Å². The highest BCUT2D eigenvalue weighted by atomic mass is 35.5. The fraction of sp³-hybridized carbons (Fsp3) is 0.312. The molecule has 1 aromatic heterocycles. The van der Waals surface area contributed by atoms with Gasteiger partial charge in [-0.15, -0.1) is 0 Å². The lowest BCUT2D eigenvalue weighted by Crippen LogP contribution is -2.36. The number of hydrogen-bond acceptors (Lipinski definition) is 1. The fourth-order valence-corrected chi connectivity index (χ4v) is 2.44. The van der Waals surface area contributed by atoms with Crippen molar-refractivity contribution in [2.45, 2.75) is 25.4 Å². The molecular formula is C16H18ClN3O. The topological polar surface area (TPSA) is 37.3 Å². The number of benzene rings is 1. The maximum atomic E-state index is 12.5. The number of anilines is 1. The Morgan fingerprint density at radius 1 is 1.33 bits per heavy atom. The zero-order valence-corrected chi connectivity index (χ0v) is 12.7. The summed E-state index contributed by atoms with van der Waals surface area (Å²) in [5.74, 6) is 0. The van der Waals surface area contributed by atoms with Gasteiger partial charge in [0.05, 0.1) is 6.54 Å². The minimum Gasteiger partial charge on any atom is -0.353 e. The Morgan fingerprint density at radius 3 is 2.62 bits per heavy atom. The molecule has 0 unspecified atom stereocenters. The Bertz CT molecular complexity index is 631. The summed E-state index contributed by atoms with van der Waals surface area (Å²) in [6, 6.07) is 11.5. The Balaban J connectivity index is 1.70. The van der Waals surface area contributed by atoms with Crippen molar-refractivity contribution in [1.82, 2.24) is 9.47 Å². The lowest BCUT2D eigenvalue weighted by Gasteiger charge is -2.23. The van der Waals surface area contributed by atoms with Crippen molar-refractivity contribution >= 4 is 23.3 Å². The minimum absolute atomic E-state index is 0.0546. The highest BCUT2D eigenvalue weighted by Gasteiger charge is 2.33. The van der Waals surface area contributed by atoms with Crippen LogP contribution < -0.4 is 5.32 Å². The standard InChI is InChI=1S/C16H18ClN3O/c1-19-10-2-3-15(19)11-20(14-8-9-14)16(21)18-13-6-4-12(17)5-7-13/h2-7,10,14H,8-9,11H2,1H3,(H,18,21). The molecule has 0 saturated heterocycles. The van der Waals surface area contributed by atoms with Crippen LogP contribution in [0.15, 0.2) is 42.6 Å². The Hall–Kier alpha value is -1.94. The first-order valence-corrected chi connectivity index (χ1v) is 7.44. The molecule has 0 aliphatic heterocycles. The quantitative estimate of drug-likeness (QED) is 0.914. The van der Waals surface area contributed by atoms with Crippen molar-refractivity contribution < 1.29 is 4.79 Å². The van der Waals surface area contributed by atoms with Crippen LogP contribution >= 0.6 is 11.6 Å². The first-order chi connectivity index (χ1) is 10.1. The molecule has 21 heavy (non-hydrogen) atoms. The van der Waals surface area contributed by atoms with Crippen LogP contribution in [0, 0.1) is 0 Å². The van der Waals surface area contributed by atoms with Gasteiger partial charge in [-0.25, -0.2) is 4.79 Å². The molecule has 0 atom stereocenters. The number of nitrogens with zero attached hydrogens (tertiary/aromatic N) is 2. The van der Waals surface area contributed by atoms with E-state index in [2.05, 4.69) is 5.32 Å². The van der Waals surface area contributed by atoms with Crippen LogP contribution in [0.5, 0.6) is 0 Å². The summed E-state index contributed by atoms with van der Waals surface area (Å²) in [5, 5.41) is 3.60. The predicted molar refractivity (Wildman–Crippen MR) is 84.4 cm³/mol. The van der Waals surface area contributed by atoms with Crippen LogP contribution in [0.25, 0.3) is 0 Å². The molecule has 1 aromatic carbocycles. The first-order valence-electron chi connectivity index (χ1n) is 7.07. The van der Waals surface area contributed by atoms with Crippen molar-refractivity contribution in [2.24, 2.45) is 7.05 Å². The summed E-state index contributed by atoms with van der Waals surface area (Å²) >= 11 is 5.86. The summed E-state index contributed by atoms with van der Waals surface area (Å²) in [7, 11) is 2.00. The van der Waals surface area contributed by atoms with E-state index in [0.717, 1.165) is 24.2 Å². The molecule has 1 heterocycles. The molecular weight excluding hydrogens is 286 g/mol. The van der Waals surface area contributed by atoms with Gasteiger partial charge in [-0.1, -0.05) is 11.6 Å². The van der Waals surface area contributed by atoms with E-state index in [-0.39, 0.29) is 6.03 Å². The monoisotopic (exact) mass is 303 g/mol. The van der Waals surface area contributed by atoms with Crippen molar-refractivity contribution in [1.29, 1.82) is 0 Å². The number of halogens is 1. The van der Waals surface area contributed by atoms with Gasteiger partial charge in [0.1, 0.15) is 0 Å². The third-order valence-corrected chi connectivity index (χ3v) is 3.98. The molecule has 0 bridgehead atoms. The second-order valence-electron chi connectivity index (χ2n) is 5.41. The van der Waals surface area contributed by atoms with E-state index < -0.39 is 0 Å². The average Bonchev–Trinajstić information content (AvgIpc) is 3.22. The van der Waals surface area contributed by atoms with E-state index in [4.69, 9.17) is 11.6 Å². The molecule has 1 aliphatic rings. The first kappa shape index (κ1) is 14.0. The normalized spacial score (nSPS) is 14.0. The largest absolute Gasteiger partial charge is 0.353 e. The molecule has 1 fully saturated rings. The Labute approximate surface area is 129 Å². The summed E-state index contributed by atoms with van der Waals surface area (Å²) in [6.07, 6.45) is 4.16. The molecule has 1 N–H and O–H groups in total. The van der Waals surface area contributed by atoms with E-state index in [1.807, 2.05) is 47.0 Å². The number of carbonyl (C=O) groups excluding carboxylic acids is 1. The summed E-state index contributed by atoms with van der Waals surface area (Å²) < 4.78 is 2.05. The van der Waals surface area contributed by atoms with Crippen molar-refractivity contribution in [2.75, 3.05) is 5.32 Å². The molecule has 5 heteroatoms. The lowest BCUT2D eigenvalue weighted by molar-refractivity contribution is 0.205. The summed E-state index contributed by atoms with van der Waals surface area (Å²) in [4.78, 5) is 14.4. The SMILES string of the molecule is Cn1cccc1CN(C(=O)Nc1ccc(Cl)cc1)C1CC1. The van der Waals surface area contributed by atoms with E-state index >= 15 is 0 Å². The second-order valence-corrected chi connectivity index (χ2v) is 5.84. The van der Waals surface area contributed by atoms with Gasteiger partial charge in [0.2, 0.25) is 0 Å². The lowest BCUT2D eigenvalue weighted by atomic mass is 10.3. The smallest absolute Gasteiger partial charge is 0.322 e. The third kappa shape index (κ3) is 3.39. The fourth-order valence-electron chi connectivity index (χ4n) is 2.32. The van der Waals surface area contributed by atoms with Crippen LogP contribution in [0.3, 0.4) is 0 Å². The van der Waals surface area contributed by atoms with Crippen LogP contribution in [-0.4, -0.2) is 21.5 Å². The maximum absolute atomic E-state index is 12.5. The molecule has 1 aliphatic carbocycles. The number of urea groups is 1. The molecule has 2 aromatic rings. The minimum atomic E-state index is -0.0546. The Morgan fingerprint density at radius 2 is 2.05 bits per heavy atom. The zero-order chi connectivity index (χ0) is 14.8. The third-order valence-electron chi connectivity index (χ3n) is 3.73. The number of amides is 2. The predicted octanol–water partition coefficient (Wildman–Crippen LogP) is 3.88. The molecule has 0 radical (unpaired) electrons. The number of carbonyl (C=O) groups is 1. The average molecular weight is 304 g/mol. The highest BCUT2D eigenvalue weighted by Crippen LogP contribution is 2.29. The van der Waals surface area contributed by atoms with Gasteiger partial charge in [0.15, 0.2) is 0 Å². The number of nitrogens with one attached hydrogen (secondary N) is 1. The van der Waals surface area contributed by atoms with Crippen molar-refractivity contribution in [3.63, 3.8) is 0 Å². The molecule has 1 saturated carbocycles. The van der Waals surface area contributed by atoms with Gasteiger partial charge in [-0.2, -0.15) is 0 Å². The van der Waals surface area contributed by atoms with Gasteiger partial charge in [0.25, 0.3) is 0 Å². The van der Waals surface area contributed by atoms with E-state index in [1.54, 1.807) is 12.1 Å². The Kier molecular flexibility index (Phi) is 3.88. The van der Waals surface area contributed by atoms with Crippen LogP contribution in [-0.2, 0) is 13.6 Å². The highest BCUT2D eigenvalue weighted by molar-refractivity contribution is 6.30. The zero-order valence-electron chi connectivity index (χ0n) is 11.9. The molecule has 2 amide bonds. The summed E-state index contributed by atoms with van der Waals surface area (Å²) in [6.45, 7) is 0.633. The second kappa shape index (κ2) is 5.82.